The number of hydrogen-bond acceptors (Lipinski definition) is 2. The fourth-order valence-electron chi connectivity index (χ4n) is 2.33. The van der Waals surface area contributed by atoms with Gasteiger partial charge >= 0.3 is 0 Å². The maximum Gasteiger partial charge on any atom is 0.170 e. The van der Waals surface area contributed by atoms with Crippen molar-refractivity contribution in [2.24, 2.45) is 0 Å². The zero-order chi connectivity index (χ0) is 12.8. The van der Waals surface area contributed by atoms with Crippen LogP contribution in [0.4, 0.5) is 5.69 Å². The Morgan fingerprint density at radius 2 is 2.17 bits per heavy atom. The van der Waals surface area contributed by atoms with E-state index in [9.17, 15) is 0 Å². The first-order valence-electron chi connectivity index (χ1n) is 6.46. The zero-order valence-corrected chi connectivity index (χ0v) is 11.6. The van der Waals surface area contributed by atoms with E-state index in [1.165, 1.54) is 30.4 Å². The number of benzene rings is 1. The lowest BCUT2D eigenvalue weighted by Crippen LogP contribution is -2.31. The van der Waals surface area contributed by atoms with Gasteiger partial charge in [-0.2, -0.15) is 0 Å². The molecule has 0 saturated heterocycles. The molecule has 1 aromatic carbocycles. The first-order chi connectivity index (χ1) is 8.81. The van der Waals surface area contributed by atoms with Crippen LogP contribution < -0.4 is 10.6 Å². The molecule has 0 saturated carbocycles. The number of methoxy groups -OCH3 is 1. The number of aryl methyl sites for hydroxylation is 1. The van der Waals surface area contributed by atoms with E-state index in [0.29, 0.717) is 11.7 Å². The average molecular weight is 264 g/mol. The van der Waals surface area contributed by atoms with Crippen molar-refractivity contribution in [2.45, 2.75) is 25.7 Å². The highest BCUT2D eigenvalue weighted by molar-refractivity contribution is 7.80. The Bertz CT molecular complexity index is 420. The summed E-state index contributed by atoms with van der Waals surface area (Å²) in [5.74, 6) is 0. The molecule has 0 unspecified atom stereocenters. The van der Waals surface area contributed by atoms with Crippen LogP contribution in [-0.2, 0) is 17.6 Å². The highest BCUT2D eigenvalue weighted by Gasteiger charge is 2.13. The van der Waals surface area contributed by atoms with E-state index in [1.54, 1.807) is 7.11 Å². The predicted molar refractivity (Wildman–Crippen MR) is 79.2 cm³/mol. The molecule has 0 aromatic heterocycles. The van der Waals surface area contributed by atoms with Gasteiger partial charge in [0.1, 0.15) is 0 Å². The van der Waals surface area contributed by atoms with Gasteiger partial charge in [0, 0.05) is 19.3 Å². The minimum absolute atomic E-state index is 0.661. The Kier molecular flexibility index (Phi) is 4.96. The summed E-state index contributed by atoms with van der Waals surface area (Å²) in [6.07, 6.45) is 4.91. The molecule has 0 amide bonds. The summed E-state index contributed by atoms with van der Waals surface area (Å²) in [6, 6.07) is 6.43. The minimum Gasteiger partial charge on any atom is -0.383 e. The van der Waals surface area contributed by atoms with Gasteiger partial charge in [0.05, 0.1) is 6.61 Å². The molecule has 1 aromatic rings. The number of thiocarbonyl (C=S) groups is 1. The Labute approximate surface area is 114 Å². The van der Waals surface area contributed by atoms with Crippen LogP contribution in [0.5, 0.6) is 0 Å². The lowest BCUT2D eigenvalue weighted by Gasteiger charge is -2.20. The molecule has 18 heavy (non-hydrogen) atoms. The van der Waals surface area contributed by atoms with Gasteiger partial charge in [0.15, 0.2) is 5.11 Å². The van der Waals surface area contributed by atoms with Crippen molar-refractivity contribution >= 4 is 23.0 Å². The predicted octanol–water partition coefficient (Wildman–Crippen LogP) is 2.50. The third kappa shape index (κ3) is 3.43. The van der Waals surface area contributed by atoms with Crippen LogP contribution in [0.1, 0.15) is 24.0 Å². The second kappa shape index (κ2) is 6.71. The fourth-order valence-corrected chi connectivity index (χ4v) is 2.54. The molecule has 4 heteroatoms. The summed E-state index contributed by atoms with van der Waals surface area (Å²) in [4.78, 5) is 0. The fraction of sp³-hybridized carbons (Fsp3) is 0.500. The SMILES string of the molecule is COCCNC(=S)Nc1cccc2c1CCCC2. The molecule has 0 spiro atoms. The standard InChI is InChI=1S/C14H20N2OS/c1-17-10-9-15-14(18)16-13-8-4-6-11-5-2-3-7-12(11)13/h4,6,8H,2-3,5,7,9-10H2,1H3,(H2,15,16,18). The summed E-state index contributed by atoms with van der Waals surface area (Å²) in [7, 11) is 1.69. The van der Waals surface area contributed by atoms with E-state index in [0.717, 1.165) is 18.7 Å². The van der Waals surface area contributed by atoms with E-state index < -0.39 is 0 Å². The number of hydrogen-bond donors (Lipinski definition) is 2. The first-order valence-corrected chi connectivity index (χ1v) is 6.86. The van der Waals surface area contributed by atoms with E-state index in [-0.39, 0.29) is 0 Å². The lowest BCUT2D eigenvalue weighted by molar-refractivity contribution is 0.204. The van der Waals surface area contributed by atoms with E-state index in [1.807, 2.05) is 0 Å². The van der Waals surface area contributed by atoms with Gasteiger partial charge in [-0.25, -0.2) is 0 Å². The molecule has 0 aliphatic heterocycles. The van der Waals surface area contributed by atoms with Gasteiger partial charge in [-0.3, -0.25) is 0 Å². The van der Waals surface area contributed by atoms with E-state index >= 15 is 0 Å². The molecule has 1 aliphatic carbocycles. The van der Waals surface area contributed by atoms with Crippen LogP contribution in [0.2, 0.25) is 0 Å². The third-order valence-corrected chi connectivity index (χ3v) is 3.48. The van der Waals surface area contributed by atoms with Crippen molar-refractivity contribution in [2.75, 3.05) is 25.6 Å². The summed E-state index contributed by atoms with van der Waals surface area (Å²) in [6.45, 7) is 1.39. The smallest absolute Gasteiger partial charge is 0.170 e. The number of ether oxygens (including phenoxy) is 1. The molecule has 0 radical (unpaired) electrons. The van der Waals surface area contributed by atoms with Crippen molar-refractivity contribution in [1.82, 2.24) is 5.32 Å². The Morgan fingerprint density at radius 3 is 3.00 bits per heavy atom. The zero-order valence-electron chi connectivity index (χ0n) is 10.8. The van der Waals surface area contributed by atoms with Gasteiger partial charge in [-0.05, 0) is 55.1 Å². The normalized spacial score (nSPS) is 13.8. The molecule has 98 valence electrons. The van der Waals surface area contributed by atoms with Crippen LogP contribution in [0.25, 0.3) is 0 Å². The average Bonchev–Trinajstić information content (AvgIpc) is 2.39. The van der Waals surface area contributed by atoms with Crippen LogP contribution in [-0.4, -0.2) is 25.4 Å². The number of anilines is 1. The van der Waals surface area contributed by atoms with Crippen molar-refractivity contribution in [1.29, 1.82) is 0 Å². The van der Waals surface area contributed by atoms with Crippen LogP contribution >= 0.6 is 12.2 Å². The summed E-state index contributed by atoms with van der Waals surface area (Å²) in [5, 5.41) is 7.10. The molecule has 0 atom stereocenters. The molecule has 0 heterocycles. The van der Waals surface area contributed by atoms with Gasteiger partial charge < -0.3 is 15.4 Å². The van der Waals surface area contributed by atoms with Crippen LogP contribution in [0, 0.1) is 0 Å². The third-order valence-electron chi connectivity index (χ3n) is 3.24. The summed E-state index contributed by atoms with van der Waals surface area (Å²) >= 11 is 5.28. The molecule has 3 nitrogen and oxygen atoms in total. The quantitative estimate of drug-likeness (QED) is 0.646. The second-order valence-electron chi connectivity index (χ2n) is 4.52. The van der Waals surface area contributed by atoms with Crippen molar-refractivity contribution in [3.8, 4) is 0 Å². The molecule has 0 fully saturated rings. The minimum atomic E-state index is 0.661. The lowest BCUT2D eigenvalue weighted by atomic mass is 9.90. The van der Waals surface area contributed by atoms with Gasteiger partial charge in [-0.1, -0.05) is 12.1 Å². The maximum atomic E-state index is 5.28. The van der Waals surface area contributed by atoms with Gasteiger partial charge in [-0.15, -0.1) is 0 Å². The topological polar surface area (TPSA) is 33.3 Å². The number of nitrogens with one attached hydrogen (secondary N) is 2. The first kappa shape index (κ1) is 13.3. The Morgan fingerprint density at radius 1 is 1.33 bits per heavy atom. The Balaban J connectivity index is 1.98. The number of fused-ring (bicyclic) bond motifs is 1. The van der Waals surface area contributed by atoms with Gasteiger partial charge in [0.2, 0.25) is 0 Å². The summed E-state index contributed by atoms with van der Waals surface area (Å²) in [5.41, 5.74) is 4.05. The van der Waals surface area contributed by atoms with Crippen molar-refractivity contribution in [3.05, 3.63) is 29.3 Å². The second-order valence-corrected chi connectivity index (χ2v) is 4.93. The number of rotatable bonds is 4. The maximum absolute atomic E-state index is 5.28. The molecular formula is C14H20N2OS. The Hall–Kier alpha value is -1.13. The van der Waals surface area contributed by atoms with Crippen molar-refractivity contribution in [3.63, 3.8) is 0 Å². The van der Waals surface area contributed by atoms with Crippen LogP contribution in [0.15, 0.2) is 18.2 Å². The van der Waals surface area contributed by atoms with E-state index in [2.05, 4.69) is 28.8 Å². The largest absolute Gasteiger partial charge is 0.383 e. The highest BCUT2D eigenvalue weighted by Crippen LogP contribution is 2.27. The molecule has 2 rings (SSSR count). The molecule has 2 N–H and O–H groups in total. The van der Waals surface area contributed by atoms with E-state index in [4.69, 9.17) is 17.0 Å². The monoisotopic (exact) mass is 264 g/mol. The van der Waals surface area contributed by atoms with Crippen LogP contribution in [0.3, 0.4) is 0 Å². The molecule has 1 aliphatic rings. The van der Waals surface area contributed by atoms with Crippen molar-refractivity contribution < 1.29 is 4.74 Å². The molecular weight excluding hydrogens is 244 g/mol. The summed E-state index contributed by atoms with van der Waals surface area (Å²) < 4.78 is 4.98. The molecule has 0 bridgehead atoms. The van der Waals surface area contributed by atoms with Gasteiger partial charge in [0.25, 0.3) is 0 Å². The highest BCUT2D eigenvalue weighted by atomic mass is 32.1.